The first-order chi connectivity index (χ1) is 8.58. The topological polar surface area (TPSA) is 38.0 Å². The number of aryl methyl sites for hydroxylation is 1. The number of benzene rings is 1. The lowest BCUT2D eigenvalue weighted by molar-refractivity contribution is 0.348. The van der Waals surface area contributed by atoms with Gasteiger partial charge in [0.15, 0.2) is 0 Å². The molecule has 3 N–H and O–H groups in total. The number of rotatable bonds is 7. The number of nitrogens with one attached hydrogen (secondary N) is 1. The van der Waals surface area contributed by atoms with E-state index in [-0.39, 0.29) is 0 Å². The third kappa shape index (κ3) is 4.43. The Labute approximate surface area is 112 Å². The molecule has 2 unspecified atom stereocenters. The van der Waals surface area contributed by atoms with Crippen LogP contribution in [0.3, 0.4) is 0 Å². The van der Waals surface area contributed by atoms with Crippen molar-refractivity contribution in [1.82, 2.24) is 5.32 Å². The van der Waals surface area contributed by atoms with Crippen molar-refractivity contribution in [3.05, 3.63) is 35.4 Å². The molecule has 0 heterocycles. The first-order valence-electron chi connectivity index (χ1n) is 7.08. The quantitative estimate of drug-likeness (QED) is 0.777. The fourth-order valence-electron chi connectivity index (χ4n) is 2.18. The molecule has 2 atom stereocenters. The predicted octanol–water partition coefficient (Wildman–Crippen LogP) is 3.27. The average molecular weight is 248 g/mol. The van der Waals surface area contributed by atoms with Crippen LogP contribution in [-0.2, 0) is 0 Å². The molecular weight excluding hydrogens is 220 g/mol. The van der Waals surface area contributed by atoms with Crippen LogP contribution in [-0.4, -0.2) is 13.1 Å². The van der Waals surface area contributed by atoms with Gasteiger partial charge in [-0.25, -0.2) is 0 Å². The van der Waals surface area contributed by atoms with Gasteiger partial charge >= 0.3 is 0 Å². The van der Waals surface area contributed by atoms with Crippen LogP contribution in [0.25, 0.3) is 0 Å². The molecule has 0 saturated heterocycles. The summed E-state index contributed by atoms with van der Waals surface area (Å²) in [5.74, 6) is 1.20. The van der Waals surface area contributed by atoms with Gasteiger partial charge in [-0.1, -0.05) is 50.6 Å². The molecule has 0 bridgehead atoms. The molecule has 0 radical (unpaired) electrons. The van der Waals surface area contributed by atoms with Gasteiger partial charge in [0.25, 0.3) is 0 Å². The van der Waals surface area contributed by atoms with Crippen LogP contribution < -0.4 is 11.1 Å². The summed E-state index contributed by atoms with van der Waals surface area (Å²) < 4.78 is 0. The first-order valence-corrected chi connectivity index (χ1v) is 7.08. The second-order valence-electron chi connectivity index (χ2n) is 5.52. The summed E-state index contributed by atoms with van der Waals surface area (Å²) in [5.41, 5.74) is 8.51. The summed E-state index contributed by atoms with van der Waals surface area (Å²) >= 11 is 0. The Hall–Kier alpha value is -0.860. The minimum atomic E-state index is 0.443. The monoisotopic (exact) mass is 248 g/mol. The summed E-state index contributed by atoms with van der Waals surface area (Å²) in [6.45, 7) is 10.6. The number of nitrogens with two attached hydrogens (primary N) is 1. The van der Waals surface area contributed by atoms with Crippen molar-refractivity contribution in [2.24, 2.45) is 17.6 Å². The molecule has 0 saturated carbocycles. The largest absolute Gasteiger partial charge is 0.330 e. The second-order valence-corrected chi connectivity index (χ2v) is 5.52. The van der Waals surface area contributed by atoms with Gasteiger partial charge in [-0.3, -0.25) is 0 Å². The fraction of sp³-hybridized carbons (Fsp3) is 0.625. The van der Waals surface area contributed by atoms with Gasteiger partial charge in [0.2, 0.25) is 0 Å². The molecule has 0 fully saturated rings. The normalized spacial score (nSPS) is 14.8. The highest BCUT2D eigenvalue weighted by Crippen LogP contribution is 2.18. The van der Waals surface area contributed by atoms with Crippen LogP contribution in [0, 0.1) is 18.8 Å². The van der Waals surface area contributed by atoms with E-state index in [4.69, 9.17) is 5.73 Å². The van der Waals surface area contributed by atoms with Crippen LogP contribution in [0.1, 0.15) is 44.4 Å². The van der Waals surface area contributed by atoms with E-state index in [2.05, 4.69) is 57.3 Å². The maximum absolute atomic E-state index is 5.82. The van der Waals surface area contributed by atoms with Crippen LogP contribution in [0.4, 0.5) is 0 Å². The van der Waals surface area contributed by atoms with Crippen molar-refractivity contribution >= 4 is 0 Å². The van der Waals surface area contributed by atoms with Crippen molar-refractivity contribution in [2.75, 3.05) is 13.1 Å². The van der Waals surface area contributed by atoms with E-state index in [9.17, 15) is 0 Å². The van der Waals surface area contributed by atoms with E-state index in [0.717, 1.165) is 19.5 Å². The molecule has 1 rings (SSSR count). The zero-order valence-electron chi connectivity index (χ0n) is 12.2. The Morgan fingerprint density at radius 3 is 2.22 bits per heavy atom. The van der Waals surface area contributed by atoms with Crippen molar-refractivity contribution < 1.29 is 0 Å². The Morgan fingerprint density at radius 2 is 1.78 bits per heavy atom. The zero-order valence-corrected chi connectivity index (χ0v) is 12.2. The highest BCUT2D eigenvalue weighted by Gasteiger charge is 2.14. The van der Waals surface area contributed by atoms with Crippen LogP contribution >= 0.6 is 0 Å². The van der Waals surface area contributed by atoms with E-state index < -0.39 is 0 Å². The summed E-state index contributed by atoms with van der Waals surface area (Å²) in [5, 5.41) is 3.66. The van der Waals surface area contributed by atoms with Gasteiger partial charge in [-0.15, -0.1) is 0 Å². The molecule has 2 nitrogen and oxygen atoms in total. The summed E-state index contributed by atoms with van der Waals surface area (Å²) in [6.07, 6.45) is 1.11. The van der Waals surface area contributed by atoms with Crippen molar-refractivity contribution in [3.8, 4) is 0 Å². The van der Waals surface area contributed by atoms with Crippen molar-refractivity contribution in [3.63, 3.8) is 0 Å². The van der Waals surface area contributed by atoms with Gasteiger partial charge in [0.1, 0.15) is 0 Å². The number of hydrogen-bond donors (Lipinski definition) is 2. The third-order valence-electron chi connectivity index (χ3n) is 3.76. The minimum Gasteiger partial charge on any atom is -0.330 e. The SMILES string of the molecule is CCC(NCC(CN)C(C)C)c1ccc(C)cc1. The zero-order chi connectivity index (χ0) is 13.5. The maximum Gasteiger partial charge on any atom is 0.0317 e. The van der Waals surface area contributed by atoms with Gasteiger partial charge < -0.3 is 11.1 Å². The highest BCUT2D eigenvalue weighted by atomic mass is 14.9. The molecule has 0 aliphatic rings. The Kier molecular flexibility index (Phi) is 6.37. The van der Waals surface area contributed by atoms with Gasteiger partial charge in [0.05, 0.1) is 0 Å². The molecular formula is C16H28N2. The Bertz CT molecular complexity index is 329. The van der Waals surface area contributed by atoms with Crippen molar-refractivity contribution in [2.45, 2.75) is 40.2 Å². The molecule has 2 heteroatoms. The average Bonchev–Trinajstić information content (AvgIpc) is 2.36. The first kappa shape index (κ1) is 15.2. The highest BCUT2D eigenvalue weighted by molar-refractivity contribution is 5.24. The van der Waals surface area contributed by atoms with Crippen LogP contribution in [0.2, 0.25) is 0 Å². The lowest BCUT2D eigenvalue weighted by Crippen LogP contribution is -2.33. The molecule has 102 valence electrons. The third-order valence-corrected chi connectivity index (χ3v) is 3.76. The molecule has 0 aliphatic carbocycles. The molecule has 0 amide bonds. The molecule has 0 spiro atoms. The standard InChI is InChI=1S/C16H28N2/c1-5-16(14-8-6-13(4)7-9-14)18-11-15(10-17)12(2)3/h6-9,12,15-16,18H,5,10-11,17H2,1-4H3. The van der Waals surface area contributed by atoms with E-state index in [1.807, 2.05) is 0 Å². The van der Waals surface area contributed by atoms with E-state index in [0.29, 0.717) is 17.9 Å². The predicted molar refractivity (Wildman–Crippen MR) is 79.6 cm³/mol. The Morgan fingerprint density at radius 1 is 1.17 bits per heavy atom. The molecule has 0 aliphatic heterocycles. The minimum absolute atomic E-state index is 0.443. The van der Waals surface area contributed by atoms with Crippen LogP contribution in [0.15, 0.2) is 24.3 Å². The van der Waals surface area contributed by atoms with E-state index >= 15 is 0 Å². The van der Waals surface area contributed by atoms with Crippen molar-refractivity contribution in [1.29, 1.82) is 0 Å². The molecule has 1 aromatic rings. The van der Waals surface area contributed by atoms with Gasteiger partial charge in [-0.05, 0) is 43.8 Å². The van der Waals surface area contributed by atoms with Crippen LogP contribution in [0.5, 0.6) is 0 Å². The molecule has 1 aromatic carbocycles. The van der Waals surface area contributed by atoms with E-state index in [1.54, 1.807) is 0 Å². The number of hydrogen-bond acceptors (Lipinski definition) is 2. The summed E-state index contributed by atoms with van der Waals surface area (Å²) in [7, 11) is 0. The lowest BCUT2D eigenvalue weighted by Gasteiger charge is -2.24. The lowest BCUT2D eigenvalue weighted by atomic mass is 9.95. The van der Waals surface area contributed by atoms with Gasteiger partial charge in [0, 0.05) is 6.04 Å². The molecule has 18 heavy (non-hydrogen) atoms. The smallest absolute Gasteiger partial charge is 0.0317 e. The van der Waals surface area contributed by atoms with E-state index in [1.165, 1.54) is 11.1 Å². The summed E-state index contributed by atoms with van der Waals surface area (Å²) in [4.78, 5) is 0. The van der Waals surface area contributed by atoms with Gasteiger partial charge in [-0.2, -0.15) is 0 Å². The summed E-state index contributed by atoms with van der Waals surface area (Å²) in [6, 6.07) is 9.26. The fourth-order valence-corrected chi connectivity index (χ4v) is 2.18. The maximum atomic E-state index is 5.82. The Balaban J connectivity index is 2.59. The molecule has 0 aromatic heterocycles. The second kappa shape index (κ2) is 7.55.